The minimum Gasteiger partial charge on any atom is -0.481 e. The van der Waals surface area contributed by atoms with E-state index in [0.717, 1.165) is 29.7 Å². The zero-order chi connectivity index (χ0) is 16.8. The summed E-state index contributed by atoms with van der Waals surface area (Å²) >= 11 is 0. The molecule has 1 aliphatic carbocycles. The van der Waals surface area contributed by atoms with E-state index in [9.17, 15) is 4.79 Å². The summed E-state index contributed by atoms with van der Waals surface area (Å²) in [5.41, 5.74) is 3.63. The Morgan fingerprint density at radius 3 is 2.70 bits per heavy atom. The number of amides is 1. The normalized spacial score (nSPS) is 16.0. The van der Waals surface area contributed by atoms with Crippen molar-refractivity contribution < 1.29 is 9.53 Å². The smallest absolute Gasteiger partial charge is 0.261 e. The van der Waals surface area contributed by atoms with E-state index < -0.39 is 6.10 Å². The first-order valence-electron chi connectivity index (χ1n) is 8.70. The van der Waals surface area contributed by atoms with Gasteiger partial charge in [-0.25, -0.2) is 0 Å². The van der Waals surface area contributed by atoms with Gasteiger partial charge in [-0.1, -0.05) is 37.6 Å². The molecule has 0 aliphatic heterocycles. The van der Waals surface area contributed by atoms with Crippen LogP contribution in [0.1, 0.15) is 63.5 Å². The van der Waals surface area contributed by atoms with Crippen molar-refractivity contribution in [1.29, 1.82) is 0 Å². The molecule has 0 unspecified atom stereocenters. The minimum atomic E-state index is -0.488. The molecule has 1 atom stereocenters. The molecule has 3 heteroatoms. The Balaban J connectivity index is 1.95. The van der Waals surface area contributed by atoms with Gasteiger partial charge < -0.3 is 10.1 Å². The molecule has 1 aromatic carbocycles. The third kappa shape index (κ3) is 5.12. The fourth-order valence-electron chi connectivity index (χ4n) is 2.87. The van der Waals surface area contributed by atoms with Crippen molar-refractivity contribution in [2.45, 2.75) is 65.4 Å². The van der Waals surface area contributed by atoms with Crippen molar-refractivity contribution >= 4 is 5.91 Å². The van der Waals surface area contributed by atoms with Crippen LogP contribution in [-0.4, -0.2) is 18.6 Å². The van der Waals surface area contributed by atoms with Crippen LogP contribution in [0.15, 0.2) is 29.8 Å². The summed E-state index contributed by atoms with van der Waals surface area (Å²) in [6, 6.07) is 6.19. The summed E-state index contributed by atoms with van der Waals surface area (Å²) in [7, 11) is 0. The van der Waals surface area contributed by atoms with Crippen LogP contribution >= 0.6 is 0 Å². The highest BCUT2D eigenvalue weighted by atomic mass is 16.5. The zero-order valence-electron chi connectivity index (χ0n) is 14.8. The molecule has 0 fully saturated rings. The molecule has 0 spiro atoms. The van der Waals surface area contributed by atoms with Crippen molar-refractivity contribution in [3.63, 3.8) is 0 Å². The average Bonchev–Trinajstić information content (AvgIpc) is 2.53. The molecule has 0 heterocycles. The van der Waals surface area contributed by atoms with Gasteiger partial charge in [0.25, 0.3) is 5.91 Å². The van der Waals surface area contributed by atoms with Crippen molar-refractivity contribution in [2.75, 3.05) is 6.54 Å². The average molecular weight is 315 g/mol. The van der Waals surface area contributed by atoms with E-state index in [-0.39, 0.29) is 5.91 Å². The lowest BCUT2D eigenvalue weighted by molar-refractivity contribution is -0.127. The highest BCUT2D eigenvalue weighted by Crippen LogP contribution is 2.28. The molecule has 23 heavy (non-hydrogen) atoms. The van der Waals surface area contributed by atoms with Gasteiger partial charge >= 0.3 is 0 Å². The number of carbonyl (C=O) groups excluding carboxylic acids is 1. The second-order valence-corrected chi connectivity index (χ2v) is 6.78. The second kappa shape index (κ2) is 8.19. The highest BCUT2D eigenvalue weighted by Gasteiger charge is 2.18. The summed E-state index contributed by atoms with van der Waals surface area (Å²) in [6.45, 7) is 8.78. The lowest BCUT2D eigenvalue weighted by atomic mass is 9.99. The molecule has 1 aromatic rings. The fraction of sp³-hybridized carbons (Fsp3) is 0.550. The molecule has 0 radical (unpaired) electrons. The van der Waals surface area contributed by atoms with Crippen LogP contribution in [0, 0.1) is 6.92 Å². The molecule has 1 amide bonds. The van der Waals surface area contributed by atoms with Crippen LogP contribution in [0.25, 0.3) is 0 Å². The molecule has 1 N–H and O–H groups in total. The first-order chi connectivity index (χ1) is 11.0. The molecule has 0 bridgehead atoms. The number of aryl methyl sites for hydroxylation is 1. The maximum absolute atomic E-state index is 12.3. The molecule has 0 saturated heterocycles. The van der Waals surface area contributed by atoms with Gasteiger partial charge in [-0.2, -0.15) is 0 Å². The van der Waals surface area contributed by atoms with Gasteiger partial charge in [-0.15, -0.1) is 0 Å². The molecule has 3 nitrogen and oxygen atoms in total. The van der Waals surface area contributed by atoms with Crippen molar-refractivity contribution in [1.82, 2.24) is 5.32 Å². The van der Waals surface area contributed by atoms with Gasteiger partial charge in [0.05, 0.1) is 0 Å². The second-order valence-electron chi connectivity index (χ2n) is 6.78. The van der Waals surface area contributed by atoms with Crippen molar-refractivity contribution in [3.8, 4) is 5.75 Å². The number of rotatable bonds is 6. The Hall–Kier alpha value is -1.77. The van der Waals surface area contributed by atoms with E-state index in [2.05, 4.69) is 37.4 Å². The number of hydrogen-bond acceptors (Lipinski definition) is 2. The van der Waals surface area contributed by atoms with E-state index >= 15 is 0 Å². The molecule has 1 aliphatic rings. The van der Waals surface area contributed by atoms with Crippen molar-refractivity contribution in [3.05, 3.63) is 41.0 Å². The maximum atomic E-state index is 12.3. The van der Waals surface area contributed by atoms with E-state index in [1.807, 2.05) is 19.9 Å². The molecule has 0 aromatic heterocycles. The third-order valence-electron chi connectivity index (χ3n) is 4.34. The zero-order valence-corrected chi connectivity index (χ0v) is 14.8. The fourth-order valence-corrected chi connectivity index (χ4v) is 2.87. The molecule has 2 rings (SSSR count). The van der Waals surface area contributed by atoms with E-state index in [4.69, 9.17) is 4.74 Å². The van der Waals surface area contributed by atoms with Gasteiger partial charge in [0.15, 0.2) is 6.10 Å². The molecule has 0 saturated carbocycles. The van der Waals surface area contributed by atoms with Crippen LogP contribution in [-0.2, 0) is 4.79 Å². The Morgan fingerprint density at radius 1 is 1.26 bits per heavy atom. The summed E-state index contributed by atoms with van der Waals surface area (Å²) in [5, 5.41) is 3.00. The van der Waals surface area contributed by atoms with Gasteiger partial charge in [0.1, 0.15) is 5.75 Å². The quantitative estimate of drug-likeness (QED) is 0.785. The minimum absolute atomic E-state index is 0.0484. The molecular weight excluding hydrogens is 286 g/mol. The Kier molecular flexibility index (Phi) is 6.26. The monoisotopic (exact) mass is 315 g/mol. The highest BCUT2D eigenvalue weighted by molar-refractivity contribution is 5.81. The number of hydrogen-bond donors (Lipinski definition) is 1. The Bertz CT molecular complexity index is 575. The topological polar surface area (TPSA) is 38.3 Å². The van der Waals surface area contributed by atoms with E-state index in [0.29, 0.717) is 12.5 Å². The predicted molar refractivity (Wildman–Crippen MR) is 94.9 cm³/mol. The summed E-state index contributed by atoms with van der Waals surface area (Å²) < 4.78 is 5.96. The van der Waals surface area contributed by atoms with Crippen molar-refractivity contribution in [2.24, 2.45) is 0 Å². The van der Waals surface area contributed by atoms with Crippen LogP contribution in [0.2, 0.25) is 0 Å². The van der Waals surface area contributed by atoms with Gasteiger partial charge in [-0.05, 0) is 62.6 Å². The number of allylic oxidation sites excluding steroid dienone is 1. The maximum Gasteiger partial charge on any atom is 0.261 e. The first-order valence-corrected chi connectivity index (χ1v) is 8.70. The lowest BCUT2D eigenvalue weighted by Crippen LogP contribution is -2.37. The number of nitrogens with one attached hydrogen (secondary N) is 1. The summed E-state index contributed by atoms with van der Waals surface area (Å²) in [6.07, 6.45) is 6.51. The molecule has 126 valence electrons. The van der Waals surface area contributed by atoms with Gasteiger partial charge in [-0.3, -0.25) is 4.79 Å². The summed E-state index contributed by atoms with van der Waals surface area (Å²) in [4.78, 5) is 12.3. The number of benzene rings is 1. The van der Waals surface area contributed by atoms with E-state index in [1.165, 1.54) is 18.4 Å². The lowest BCUT2D eigenvalue weighted by Gasteiger charge is -2.20. The predicted octanol–water partition coefficient (Wildman–Crippen LogP) is 4.50. The van der Waals surface area contributed by atoms with E-state index in [1.54, 1.807) is 0 Å². The third-order valence-corrected chi connectivity index (χ3v) is 4.34. The van der Waals surface area contributed by atoms with Crippen LogP contribution in [0.5, 0.6) is 5.75 Å². The standard InChI is InChI=1S/C20H29NO2/c1-14(2)18-11-10-15(3)12-19(18)23-16(4)20(22)21-13-17-8-6-5-7-9-17/h8,10-12,14,16H,5-7,9,13H2,1-4H3,(H,21,22)/t16-/m0/s1. The van der Waals surface area contributed by atoms with Gasteiger partial charge in [0.2, 0.25) is 0 Å². The SMILES string of the molecule is Cc1ccc(C(C)C)c(O[C@@H](C)C(=O)NCC2=CCCCC2)c1. The Labute approximate surface area is 140 Å². The molecular formula is C20H29NO2. The van der Waals surface area contributed by atoms with Crippen LogP contribution in [0.3, 0.4) is 0 Å². The number of carbonyl (C=O) groups is 1. The van der Waals surface area contributed by atoms with Gasteiger partial charge in [0, 0.05) is 6.54 Å². The number of ether oxygens (including phenoxy) is 1. The first kappa shape index (κ1) is 17.6. The Morgan fingerprint density at radius 2 is 2.04 bits per heavy atom. The largest absolute Gasteiger partial charge is 0.481 e. The summed E-state index contributed by atoms with van der Waals surface area (Å²) in [5.74, 6) is 1.14. The van der Waals surface area contributed by atoms with Crippen LogP contribution < -0.4 is 10.1 Å². The van der Waals surface area contributed by atoms with Crippen LogP contribution in [0.4, 0.5) is 0 Å².